The van der Waals surface area contributed by atoms with Gasteiger partial charge < -0.3 is 9.84 Å². The molecule has 1 aliphatic heterocycles. The molecule has 1 aliphatic carbocycles. The zero-order valence-corrected chi connectivity index (χ0v) is 15.1. The second-order valence-electron chi connectivity index (χ2n) is 6.58. The van der Waals surface area contributed by atoms with Gasteiger partial charge in [-0.15, -0.1) is 0 Å². The highest BCUT2D eigenvalue weighted by Gasteiger charge is 2.36. The number of hydrogen-bond donors (Lipinski definition) is 1. The van der Waals surface area contributed by atoms with E-state index in [-0.39, 0.29) is 17.5 Å². The summed E-state index contributed by atoms with van der Waals surface area (Å²) in [6.07, 6.45) is 6.90. The van der Waals surface area contributed by atoms with Crippen LogP contribution in [0.15, 0.2) is 41.2 Å². The van der Waals surface area contributed by atoms with E-state index in [0.717, 1.165) is 11.3 Å². The Kier molecular flexibility index (Phi) is 4.81. The first kappa shape index (κ1) is 17.5. The molecule has 0 amide bonds. The van der Waals surface area contributed by atoms with Gasteiger partial charge in [0.05, 0.1) is 23.9 Å². The number of carbonyl (C=O) groups is 1. The van der Waals surface area contributed by atoms with Crippen LogP contribution in [0.1, 0.15) is 19.4 Å². The molecule has 2 atom stereocenters. The Morgan fingerprint density at radius 1 is 1.48 bits per heavy atom. The average molecular weight is 362 g/mol. The molecule has 25 heavy (non-hydrogen) atoms. The molecule has 0 bridgehead atoms. The minimum absolute atomic E-state index is 0.0339. The lowest BCUT2D eigenvalue weighted by molar-refractivity contribution is -0.132. The van der Waals surface area contributed by atoms with Crippen molar-refractivity contribution < 1.29 is 14.6 Å². The first-order chi connectivity index (χ1) is 11.9. The molecule has 0 saturated heterocycles. The highest BCUT2D eigenvalue weighted by Crippen LogP contribution is 2.32. The predicted octanol–water partition coefficient (Wildman–Crippen LogP) is 2.98. The van der Waals surface area contributed by atoms with Gasteiger partial charge in [-0.3, -0.25) is 5.01 Å². The number of carboxylic acids is 1. The summed E-state index contributed by atoms with van der Waals surface area (Å²) in [7, 11) is 1.83. The normalized spacial score (nSPS) is 21.9. The van der Waals surface area contributed by atoms with Crippen LogP contribution in [0.2, 0.25) is 5.02 Å². The first-order valence-electron chi connectivity index (χ1n) is 8.10. The molecular weight excluding hydrogens is 342 g/mol. The van der Waals surface area contributed by atoms with Gasteiger partial charge in [0.1, 0.15) is 5.02 Å². The van der Waals surface area contributed by atoms with Crippen LogP contribution in [0.3, 0.4) is 0 Å². The molecule has 0 saturated carbocycles. The van der Waals surface area contributed by atoms with Gasteiger partial charge in [-0.05, 0) is 18.1 Å². The van der Waals surface area contributed by atoms with E-state index in [1.54, 1.807) is 29.4 Å². The maximum absolute atomic E-state index is 11.2. The van der Waals surface area contributed by atoms with Crippen molar-refractivity contribution in [3.05, 3.63) is 46.7 Å². The summed E-state index contributed by atoms with van der Waals surface area (Å²) in [5.41, 5.74) is 1.89. The van der Waals surface area contributed by atoms with Gasteiger partial charge in [-0.1, -0.05) is 37.6 Å². The number of fused-ring (bicyclic) bond motifs is 1. The SMILES string of the molecule is CC(C)COc1ncc(C2=NN(C)C3C=C(C(=O)O)C=CC23)cc1Cl. The third-order valence-electron chi connectivity index (χ3n) is 4.12. The van der Waals surface area contributed by atoms with E-state index in [1.807, 2.05) is 13.1 Å². The standard InChI is InChI=1S/C18H20ClN3O3/c1-10(2)9-25-17-14(19)6-12(8-20-17)16-13-5-4-11(18(23)24)7-15(13)22(3)21-16/h4-8,10,13,15H,9H2,1-3H3,(H,23,24). The van der Waals surface area contributed by atoms with E-state index in [0.29, 0.717) is 23.4 Å². The molecule has 2 heterocycles. The van der Waals surface area contributed by atoms with Gasteiger partial charge in [-0.25, -0.2) is 9.78 Å². The molecule has 3 rings (SSSR count). The Morgan fingerprint density at radius 3 is 2.88 bits per heavy atom. The van der Waals surface area contributed by atoms with Gasteiger partial charge in [0, 0.05) is 24.7 Å². The Morgan fingerprint density at radius 2 is 2.24 bits per heavy atom. The Balaban J connectivity index is 1.84. The van der Waals surface area contributed by atoms with Crippen molar-refractivity contribution >= 4 is 23.3 Å². The van der Waals surface area contributed by atoms with Crippen molar-refractivity contribution in [3.63, 3.8) is 0 Å². The number of pyridine rings is 1. The summed E-state index contributed by atoms with van der Waals surface area (Å²) >= 11 is 6.30. The van der Waals surface area contributed by atoms with Gasteiger partial charge in [0.15, 0.2) is 0 Å². The molecule has 1 aromatic heterocycles. The van der Waals surface area contributed by atoms with Crippen molar-refractivity contribution in [1.29, 1.82) is 0 Å². The van der Waals surface area contributed by atoms with Gasteiger partial charge in [0.25, 0.3) is 0 Å². The van der Waals surface area contributed by atoms with Crippen molar-refractivity contribution in [3.8, 4) is 5.88 Å². The number of halogens is 1. The molecule has 0 radical (unpaired) electrons. The van der Waals surface area contributed by atoms with Crippen LogP contribution >= 0.6 is 11.6 Å². The van der Waals surface area contributed by atoms with Crippen molar-refractivity contribution in [2.45, 2.75) is 19.9 Å². The smallest absolute Gasteiger partial charge is 0.335 e. The second-order valence-corrected chi connectivity index (χ2v) is 6.98. The Hall–Kier alpha value is -2.34. The Labute approximate surface area is 151 Å². The summed E-state index contributed by atoms with van der Waals surface area (Å²) in [6, 6.07) is 1.67. The summed E-state index contributed by atoms with van der Waals surface area (Å²) in [5.74, 6) is -0.176. The number of aliphatic carboxylic acids is 1. The highest BCUT2D eigenvalue weighted by atomic mass is 35.5. The monoisotopic (exact) mass is 361 g/mol. The lowest BCUT2D eigenvalue weighted by Gasteiger charge is -2.23. The third kappa shape index (κ3) is 3.54. The minimum atomic E-state index is -0.937. The van der Waals surface area contributed by atoms with Crippen LogP contribution < -0.4 is 4.74 Å². The number of hydrogen-bond acceptors (Lipinski definition) is 5. The topological polar surface area (TPSA) is 75.0 Å². The summed E-state index contributed by atoms with van der Waals surface area (Å²) < 4.78 is 5.60. The molecule has 0 spiro atoms. The lowest BCUT2D eigenvalue weighted by atomic mass is 9.86. The van der Waals surface area contributed by atoms with Crippen molar-refractivity contribution in [2.75, 3.05) is 13.7 Å². The zero-order valence-electron chi connectivity index (χ0n) is 14.3. The van der Waals surface area contributed by atoms with Crippen LogP contribution in [-0.4, -0.2) is 46.5 Å². The van der Waals surface area contributed by atoms with Gasteiger partial charge in [-0.2, -0.15) is 5.10 Å². The fraction of sp³-hybridized carbons (Fsp3) is 0.389. The molecule has 132 valence electrons. The number of nitrogens with zero attached hydrogens (tertiary/aromatic N) is 3. The number of carboxylic acid groups (broad SMARTS) is 1. The van der Waals surface area contributed by atoms with Crippen LogP contribution in [0, 0.1) is 11.8 Å². The first-order valence-corrected chi connectivity index (χ1v) is 8.48. The molecule has 0 aromatic carbocycles. The van der Waals surface area contributed by atoms with Crippen molar-refractivity contribution in [1.82, 2.24) is 9.99 Å². The van der Waals surface area contributed by atoms with Crippen LogP contribution in [0.4, 0.5) is 0 Å². The number of rotatable bonds is 5. The molecule has 6 nitrogen and oxygen atoms in total. The van der Waals surface area contributed by atoms with Crippen LogP contribution in [0.5, 0.6) is 5.88 Å². The molecule has 2 aliphatic rings. The van der Waals surface area contributed by atoms with Crippen LogP contribution in [-0.2, 0) is 4.79 Å². The second kappa shape index (κ2) is 6.88. The molecule has 0 fully saturated rings. The van der Waals surface area contributed by atoms with E-state index in [2.05, 4.69) is 23.9 Å². The quantitative estimate of drug-likeness (QED) is 0.872. The number of hydrazone groups is 1. The molecule has 7 heteroatoms. The van der Waals surface area contributed by atoms with E-state index in [9.17, 15) is 4.79 Å². The largest absolute Gasteiger partial charge is 0.478 e. The van der Waals surface area contributed by atoms with E-state index < -0.39 is 5.97 Å². The predicted molar refractivity (Wildman–Crippen MR) is 96.0 cm³/mol. The maximum Gasteiger partial charge on any atom is 0.335 e. The minimum Gasteiger partial charge on any atom is -0.478 e. The van der Waals surface area contributed by atoms with E-state index >= 15 is 0 Å². The molecular formula is C18H20ClN3O3. The lowest BCUT2D eigenvalue weighted by Crippen LogP contribution is -2.31. The fourth-order valence-corrected chi connectivity index (χ4v) is 3.09. The summed E-state index contributed by atoms with van der Waals surface area (Å²) in [4.78, 5) is 15.5. The zero-order chi connectivity index (χ0) is 18.1. The fourth-order valence-electron chi connectivity index (χ4n) is 2.87. The maximum atomic E-state index is 11.2. The van der Waals surface area contributed by atoms with E-state index in [4.69, 9.17) is 21.4 Å². The summed E-state index contributed by atoms with van der Waals surface area (Å²) in [5, 5.41) is 15.9. The molecule has 1 N–H and O–H groups in total. The molecule has 1 aromatic rings. The van der Waals surface area contributed by atoms with Gasteiger partial charge in [0.2, 0.25) is 5.88 Å². The van der Waals surface area contributed by atoms with Gasteiger partial charge >= 0.3 is 5.97 Å². The average Bonchev–Trinajstić information content (AvgIpc) is 2.90. The number of aromatic nitrogens is 1. The molecule has 2 unspecified atom stereocenters. The highest BCUT2D eigenvalue weighted by molar-refractivity contribution is 6.32. The summed E-state index contributed by atoms with van der Waals surface area (Å²) in [6.45, 7) is 4.66. The third-order valence-corrected chi connectivity index (χ3v) is 4.39. The number of likely N-dealkylation sites (N-methyl/N-ethyl adjacent to an activating group) is 1. The van der Waals surface area contributed by atoms with Crippen molar-refractivity contribution in [2.24, 2.45) is 16.9 Å². The van der Waals surface area contributed by atoms with Crippen LogP contribution in [0.25, 0.3) is 0 Å². The Bertz CT molecular complexity index is 786. The van der Waals surface area contributed by atoms with E-state index in [1.165, 1.54) is 0 Å². The number of ether oxygens (including phenoxy) is 1.